The first-order chi connectivity index (χ1) is 5.83. The maximum Gasteiger partial charge on any atom is 0.509 e. The normalized spacial score (nSPS) is 18.8. The zero-order valence-corrected chi connectivity index (χ0v) is 8.78. The van der Waals surface area contributed by atoms with Gasteiger partial charge in [-0.15, -0.1) is 0 Å². The molecule has 0 bridgehead atoms. The number of ether oxygens (including phenoxy) is 3. The van der Waals surface area contributed by atoms with E-state index in [1.165, 1.54) is 0 Å². The maximum atomic E-state index is 10.8. The zero-order chi connectivity index (χ0) is 8.81. The van der Waals surface area contributed by atoms with Gasteiger partial charge >= 0.3 is 6.16 Å². The quantitative estimate of drug-likeness (QED) is 0.440. The highest BCUT2D eigenvalue weighted by Crippen LogP contribution is 2.11. The Morgan fingerprint density at radius 1 is 1.50 bits per heavy atom. The highest BCUT2D eigenvalue weighted by atomic mass is 127. The lowest BCUT2D eigenvalue weighted by molar-refractivity contribution is -0.0224. The summed E-state index contributed by atoms with van der Waals surface area (Å²) in [4.78, 5) is 10.8. The van der Waals surface area contributed by atoms with E-state index in [1.54, 1.807) is 0 Å². The number of carbonyl (C=O) groups is 1. The van der Waals surface area contributed by atoms with Crippen LogP contribution in [0.2, 0.25) is 0 Å². The van der Waals surface area contributed by atoms with Gasteiger partial charge in [0, 0.05) is 12.8 Å². The van der Waals surface area contributed by atoms with Gasteiger partial charge in [-0.25, -0.2) is 4.79 Å². The molecule has 0 unspecified atom stereocenters. The van der Waals surface area contributed by atoms with Crippen LogP contribution < -0.4 is 0 Å². The Morgan fingerprint density at radius 3 is 2.75 bits per heavy atom. The van der Waals surface area contributed by atoms with Crippen LogP contribution in [0.5, 0.6) is 0 Å². The van der Waals surface area contributed by atoms with Gasteiger partial charge in [0.25, 0.3) is 0 Å². The Bertz CT molecular complexity index is 144. The van der Waals surface area contributed by atoms with Crippen molar-refractivity contribution in [1.82, 2.24) is 0 Å². The molecule has 1 saturated heterocycles. The zero-order valence-electron chi connectivity index (χ0n) is 6.62. The molecular weight excluding hydrogens is 275 g/mol. The Balaban J connectivity index is 2.15. The highest BCUT2D eigenvalue weighted by molar-refractivity contribution is 14.1. The molecule has 1 fully saturated rings. The molecular formula is C7H11IO4. The molecule has 70 valence electrons. The molecule has 0 aromatic carbocycles. The van der Waals surface area contributed by atoms with Crippen molar-refractivity contribution < 1.29 is 19.0 Å². The fourth-order valence-corrected chi connectivity index (χ4v) is 1.26. The Hall–Kier alpha value is -0.0400. The van der Waals surface area contributed by atoms with Crippen LogP contribution in [0.1, 0.15) is 12.8 Å². The number of halogens is 1. The van der Waals surface area contributed by atoms with Crippen LogP contribution in [0.4, 0.5) is 4.79 Å². The first-order valence-corrected chi connectivity index (χ1v) is 5.32. The van der Waals surface area contributed by atoms with Crippen LogP contribution in [0.25, 0.3) is 0 Å². The average molecular weight is 286 g/mol. The van der Waals surface area contributed by atoms with Gasteiger partial charge in [0.15, 0.2) is 0 Å². The van der Waals surface area contributed by atoms with Gasteiger partial charge in [-0.05, 0) is 22.6 Å². The first kappa shape index (κ1) is 10.0. The number of alkyl halides is 1. The van der Waals surface area contributed by atoms with Crippen molar-refractivity contribution in [1.29, 1.82) is 0 Å². The van der Waals surface area contributed by atoms with E-state index in [4.69, 9.17) is 9.47 Å². The van der Waals surface area contributed by atoms with E-state index < -0.39 is 6.16 Å². The standard InChI is InChI=1S/C7H11IO4/c8-5-11-7(9)12-6-1-3-10-4-2-6/h6H,1-5H2. The fraction of sp³-hybridized carbons (Fsp3) is 0.857. The smallest absolute Gasteiger partial charge is 0.431 e. The Morgan fingerprint density at radius 2 is 2.17 bits per heavy atom. The first-order valence-electron chi connectivity index (χ1n) is 3.80. The molecule has 0 amide bonds. The largest absolute Gasteiger partial charge is 0.509 e. The summed E-state index contributed by atoms with van der Waals surface area (Å²) in [6, 6.07) is 0. The van der Waals surface area contributed by atoms with Gasteiger partial charge in [-0.2, -0.15) is 0 Å². The van der Waals surface area contributed by atoms with Crippen molar-refractivity contribution in [2.45, 2.75) is 18.9 Å². The summed E-state index contributed by atoms with van der Waals surface area (Å²) >= 11 is 1.95. The van der Waals surface area contributed by atoms with Gasteiger partial charge in [0.2, 0.25) is 0 Å². The third-order valence-corrected chi connectivity index (χ3v) is 1.92. The predicted octanol–water partition coefficient (Wildman–Crippen LogP) is 1.71. The minimum Gasteiger partial charge on any atom is -0.431 e. The molecule has 0 aliphatic carbocycles. The molecule has 4 nitrogen and oxygen atoms in total. The SMILES string of the molecule is O=C(OCI)OC1CCOCC1. The van der Waals surface area contributed by atoms with E-state index in [0.29, 0.717) is 17.8 Å². The second-order valence-corrected chi connectivity index (χ2v) is 3.06. The van der Waals surface area contributed by atoms with E-state index in [2.05, 4.69) is 4.74 Å². The molecule has 0 N–H and O–H groups in total. The van der Waals surface area contributed by atoms with Crippen LogP contribution in [0, 0.1) is 0 Å². The minimum absolute atomic E-state index is 0.0193. The van der Waals surface area contributed by atoms with E-state index >= 15 is 0 Å². The monoisotopic (exact) mass is 286 g/mol. The summed E-state index contributed by atoms with van der Waals surface area (Å²) < 4.78 is 15.1. The van der Waals surface area contributed by atoms with Gasteiger partial charge in [0.1, 0.15) is 10.7 Å². The van der Waals surface area contributed by atoms with Crippen molar-refractivity contribution in [2.75, 3.05) is 17.8 Å². The number of rotatable bonds is 2. The number of carbonyl (C=O) groups excluding carboxylic acids is 1. The van der Waals surface area contributed by atoms with Crippen molar-refractivity contribution in [3.8, 4) is 0 Å². The summed E-state index contributed by atoms with van der Waals surface area (Å²) in [5.74, 6) is 0. The highest BCUT2D eigenvalue weighted by Gasteiger charge is 2.18. The average Bonchev–Trinajstić information content (AvgIpc) is 2.06. The van der Waals surface area contributed by atoms with Crippen LogP contribution in [0.3, 0.4) is 0 Å². The molecule has 1 rings (SSSR count). The third kappa shape index (κ3) is 3.57. The molecule has 5 heteroatoms. The molecule has 0 radical (unpaired) electrons. The molecule has 1 heterocycles. The summed E-state index contributed by atoms with van der Waals surface area (Å²) in [5.41, 5.74) is 0. The molecule has 1 aliphatic rings. The Labute approximate surface area is 84.7 Å². The molecule has 0 spiro atoms. The van der Waals surface area contributed by atoms with Crippen LogP contribution in [0.15, 0.2) is 0 Å². The summed E-state index contributed by atoms with van der Waals surface area (Å²) in [5, 5.41) is 0. The summed E-state index contributed by atoms with van der Waals surface area (Å²) in [7, 11) is 0. The lowest BCUT2D eigenvalue weighted by Gasteiger charge is -2.21. The predicted molar refractivity (Wildman–Crippen MR) is 50.3 cm³/mol. The second-order valence-electron chi connectivity index (χ2n) is 2.43. The van der Waals surface area contributed by atoms with Crippen molar-refractivity contribution in [3.05, 3.63) is 0 Å². The Kier molecular flexibility index (Phi) is 4.67. The second kappa shape index (κ2) is 5.58. The third-order valence-electron chi connectivity index (χ3n) is 1.60. The molecule has 0 atom stereocenters. The van der Waals surface area contributed by atoms with E-state index in [9.17, 15) is 4.79 Å². The molecule has 0 saturated carbocycles. The summed E-state index contributed by atoms with van der Waals surface area (Å²) in [6.07, 6.45) is 0.956. The fourth-order valence-electron chi connectivity index (χ4n) is 1.01. The van der Waals surface area contributed by atoms with Crippen molar-refractivity contribution in [2.24, 2.45) is 0 Å². The van der Waals surface area contributed by atoms with Gasteiger partial charge in [0.05, 0.1) is 13.2 Å². The number of hydrogen-bond acceptors (Lipinski definition) is 4. The van der Waals surface area contributed by atoms with E-state index in [0.717, 1.165) is 12.8 Å². The van der Waals surface area contributed by atoms with E-state index in [1.807, 2.05) is 22.6 Å². The maximum absolute atomic E-state index is 10.8. The molecule has 0 aromatic rings. The van der Waals surface area contributed by atoms with Crippen molar-refractivity contribution in [3.63, 3.8) is 0 Å². The molecule has 1 aliphatic heterocycles. The summed E-state index contributed by atoms with van der Waals surface area (Å²) in [6.45, 7) is 1.34. The van der Waals surface area contributed by atoms with E-state index in [-0.39, 0.29) is 6.10 Å². The van der Waals surface area contributed by atoms with Gasteiger partial charge in [-0.3, -0.25) is 0 Å². The van der Waals surface area contributed by atoms with Crippen molar-refractivity contribution >= 4 is 28.7 Å². The topological polar surface area (TPSA) is 44.8 Å². The molecule has 12 heavy (non-hydrogen) atoms. The molecule has 0 aromatic heterocycles. The minimum atomic E-state index is -0.573. The van der Waals surface area contributed by atoms with Crippen LogP contribution in [-0.4, -0.2) is 30.1 Å². The van der Waals surface area contributed by atoms with Gasteiger partial charge < -0.3 is 14.2 Å². The van der Waals surface area contributed by atoms with Crippen LogP contribution in [-0.2, 0) is 14.2 Å². The number of hydrogen-bond donors (Lipinski definition) is 0. The lowest BCUT2D eigenvalue weighted by atomic mass is 10.2. The van der Waals surface area contributed by atoms with Crippen LogP contribution >= 0.6 is 22.6 Å². The van der Waals surface area contributed by atoms with Gasteiger partial charge in [-0.1, -0.05) is 0 Å². The lowest BCUT2D eigenvalue weighted by Crippen LogP contribution is -2.26.